The Morgan fingerprint density at radius 3 is 2.54 bits per heavy atom. The number of hydrogen-bond donors (Lipinski definition) is 0. The maximum Gasteiger partial charge on any atom is 0.344 e. The van der Waals surface area contributed by atoms with E-state index in [0.29, 0.717) is 11.0 Å². The van der Waals surface area contributed by atoms with Crippen molar-refractivity contribution in [2.75, 3.05) is 6.61 Å². The predicted molar refractivity (Wildman–Crippen MR) is 149 cm³/mol. The zero-order valence-electron chi connectivity index (χ0n) is 24.6. The Kier molecular flexibility index (Phi) is 8.65. The molecule has 0 saturated heterocycles. The average Bonchev–Trinajstić information content (AvgIpc) is 3.20. The Hall–Kier alpha value is -1.58. The molecule has 4 heteroatoms. The van der Waals surface area contributed by atoms with E-state index in [1.807, 2.05) is 13.0 Å². The van der Waals surface area contributed by atoms with Gasteiger partial charge in [0.2, 0.25) is 0 Å². The van der Waals surface area contributed by atoms with E-state index in [-0.39, 0.29) is 18.1 Å². The van der Waals surface area contributed by atoms with Gasteiger partial charge in [0.15, 0.2) is 6.61 Å². The van der Waals surface area contributed by atoms with Crippen molar-refractivity contribution in [3.63, 3.8) is 0 Å². The molecule has 4 aliphatic rings. The smallest absolute Gasteiger partial charge is 0.344 e. The summed E-state index contributed by atoms with van der Waals surface area (Å²) >= 11 is 0. The third-order valence-corrected chi connectivity index (χ3v) is 11.1. The lowest BCUT2D eigenvalue weighted by molar-refractivity contribution is -0.162. The van der Waals surface area contributed by atoms with Crippen LogP contribution in [0.25, 0.3) is 0 Å². The molecule has 4 nitrogen and oxygen atoms in total. The minimum Gasteiger partial charge on any atom is -0.460 e. The van der Waals surface area contributed by atoms with Gasteiger partial charge in [0.05, 0.1) is 0 Å². The number of fused-ring (bicyclic) bond motifs is 5. The number of carbonyl (C=O) groups excluding carboxylic acids is 2. The summed E-state index contributed by atoms with van der Waals surface area (Å²) in [6, 6.07) is 0. The highest BCUT2D eigenvalue weighted by atomic mass is 16.6. The van der Waals surface area contributed by atoms with Gasteiger partial charge in [-0.1, -0.05) is 59.3 Å². The fourth-order valence-corrected chi connectivity index (χ4v) is 9.46. The van der Waals surface area contributed by atoms with Crippen molar-refractivity contribution >= 4 is 11.9 Å². The molecule has 0 bridgehead atoms. The molecule has 8 unspecified atom stereocenters. The second-order valence-electron chi connectivity index (χ2n) is 13.8. The van der Waals surface area contributed by atoms with Crippen LogP contribution in [0.15, 0.2) is 23.3 Å². The monoisotopic (exact) mass is 512 g/mol. The molecule has 0 aromatic carbocycles. The number of carbonyl (C=O) groups is 2. The molecule has 3 saturated carbocycles. The van der Waals surface area contributed by atoms with Crippen molar-refractivity contribution in [2.24, 2.45) is 46.3 Å². The zero-order valence-corrected chi connectivity index (χ0v) is 24.6. The van der Waals surface area contributed by atoms with Crippen LogP contribution in [0.2, 0.25) is 0 Å². The second-order valence-corrected chi connectivity index (χ2v) is 13.8. The lowest BCUT2D eigenvalue weighted by Crippen LogP contribution is -2.51. The molecule has 0 amide bonds. The minimum atomic E-state index is -0.437. The molecule has 0 aliphatic heterocycles. The first-order valence-corrected chi connectivity index (χ1v) is 15.2. The average molecular weight is 513 g/mol. The van der Waals surface area contributed by atoms with Crippen molar-refractivity contribution in [2.45, 2.75) is 119 Å². The summed E-state index contributed by atoms with van der Waals surface area (Å²) in [5, 5.41) is 0. The largest absolute Gasteiger partial charge is 0.460 e. The quantitative estimate of drug-likeness (QED) is 0.187. The Morgan fingerprint density at radius 1 is 1.08 bits per heavy atom. The van der Waals surface area contributed by atoms with Crippen molar-refractivity contribution in [1.29, 1.82) is 0 Å². The molecule has 4 rings (SSSR count). The van der Waals surface area contributed by atoms with Crippen molar-refractivity contribution in [3.8, 4) is 0 Å². The summed E-state index contributed by atoms with van der Waals surface area (Å²) in [7, 11) is 0. The molecule has 4 aliphatic carbocycles. The molecule has 0 heterocycles. The molecule has 208 valence electrons. The topological polar surface area (TPSA) is 52.6 Å². The van der Waals surface area contributed by atoms with Crippen LogP contribution < -0.4 is 0 Å². The van der Waals surface area contributed by atoms with Crippen LogP contribution in [0.3, 0.4) is 0 Å². The van der Waals surface area contributed by atoms with Crippen LogP contribution in [0.5, 0.6) is 0 Å². The highest BCUT2D eigenvalue weighted by Crippen LogP contribution is 2.67. The summed E-state index contributed by atoms with van der Waals surface area (Å²) in [5.74, 6) is 4.05. The molecule has 0 spiro atoms. The summed E-state index contributed by atoms with van der Waals surface area (Å²) in [5.41, 5.74) is 2.80. The van der Waals surface area contributed by atoms with Gasteiger partial charge < -0.3 is 9.47 Å². The van der Waals surface area contributed by atoms with Gasteiger partial charge in [-0.25, -0.2) is 9.59 Å². The van der Waals surface area contributed by atoms with Crippen LogP contribution in [0, 0.1) is 46.3 Å². The summed E-state index contributed by atoms with van der Waals surface area (Å²) in [6.07, 6.45) is 16.0. The molecule has 37 heavy (non-hydrogen) atoms. The Balaban J connectivity index is 1.38. The second kappa shape index (κ2) is 11.3. The Labute approximate surface area is 226 Å². The fourth-order valence-electron chi connectivity index (χ4n) is 9.46. The van der Waals surface area contributed by atoms with E-state index in [1.165, 1.54) is 44.1 Å². The van der Waals surface area contributed by atoms with Gasteiger partial charge in [-0.2, -0.15) is 0 Å². The third-order valence-electron chi connectivity index (χ3n) is 11.1. The van der Waals surface area contributed by atoms with Crippen LogP contribution in [0.1, 0.15) is 113 Å². The highest BCUT2D eigenvalue weighted by Gasteiger charge is 2.59. The molecular formula is C33H52O4. The first kappa shape index (κ1) is 28.4. The van der Waals surface area contributed by atoms with Gasteiger partial charge in [0.1, 0.15) is 6.10 Å². The minimum absolute atomic E-state index is 0.101. The van der Waals surface area contributed by atoms with Crippen LogP contribution in [-0.4, -0.2) is 24.6 Å². The summed E-state index contributed by atoms with van der Waals surface area (Å²) < 4.78 is 10.9. The summed E-state index contributed by atoms with van der Waals surface area (Å²) in [6.45, 7) is 15.8. The normalized spacial score (nSPS) is 38.2. The predicted octanol–water partition coefficient (Wildman–Crippen LogP) is 8.06. The van der Waals surface area contributed by atoms with Gasteiger partial charge in [0.25, 0.3) is 0 Å². The van der Waals surface area contributed by atoms with Gasteiger partial charge in [-0.15, -0.1) is 0 Å². The number of ether oxygens (including phenoxy) is 2. The maximum absolute atomic E-state index is 12.4. The van der Waals surface area contributed by atoms with E-state index in [1.54, 1.807) is 6.92 Å². The zero-order chi connectivity index (χ0) is 27.0. The number of esters is 2. The van der Waals surface area contributed by atoms with E-state index in [4.69, 9.17) is 9.47 Å². The van der Waals surface area contributed by atoms with Gasteiger partial charge in [-0.3, -0.25) is 0 Å². The Bertz CT molecular complexity index is 915. The van der Waals surface area contributed by atoms with Crippen molar-refractivity contribution in [3.05, 3.63) is 23.3 Å². The van der Waals surface area contributed by atoms with E-state index in [9.17, 15) is 9.59 Å². The van der Waals surface area contributed by atoms with E-state index >= 15 is 0 Å². The standard InChI is InChI=1S/C33H52O4/c1-8-9-22(4)31(35)36-20-30(34)37-25-14-16-32(6)24(19-25)10-11-26-28-13-12-27(23(5)18-21(2)3)33(28,7)17-15-29(26)32/h9-10,21,23,25-29H,8,11-20H2,1-7H3. The van der Waals surface area contributed by atoms with Gasteiger partial charge in [0, 0.05) is 12.0 Å². The first-order chi connectivity index (χ1) is 17.5. The number of rotatable bonds is 8. The highest BCUT2D eigenvalue weighted by molar-refractivity contribution is 5.89. The lowest BCUT2D eigenvalue weighted by Gasteiger charge is -2.58. The van der Waals surface area contributed by atoms with E-state index < -0.39 is 11.9 Å². The van der Waals surface area contributed by atoms with E-state index in [2.05, 4.69) is 40.7 Å². The molecule has 0 aromatic rings. The molecule has 0 N–H and O–H groups in total. The van der Waals surface area contributed by atoms with Gasteiger partial charge in [-0.05, 0) is 111 Å². The van der Waals surface area contributed by atoms with Crippen LogP contribution in [0.4, 0.5) is 0 Å². The molecule has 0 aromatic heterocycles. The number of hydrogen-bond acceptors (Lipinski definition) is 4. The molecule has 3 fully saturated rings. The third kappa shape index (κ3) is 5.59. The number of allylic oxidation sites excluding steroid dienone is 2. The van der Waals surface area contributed by atoms with E-state index in [0.717, 1.165) is 61.2 Å². The SMILES string of the molecule is CCC=C(C)C(=O)OCC(=O)OC1CCC2(C)C(=CCC3C2CCC2(C)C(C(C)CC(C)C)CCC32)C1. The molecular weight excluding hydrogens is 460 g/mol. The van der Waals surface area contributed by atoms with Crippen molar-refractivity contribution < 1.29 is 19.1 Å². The molecule has 8 atom stereocenters. The Morgan fingerprint density at radius 2 is 1.84 bits per heavy atom. The maximum atomic E-state index is 12.4. The van der Waals surface area contributed by atoms with Gasteiger partial charge >= 0.3 is 11.9 Å². The van der Waals surface area contributed by atoms with Crippen molar-refractivity contribution in [1.82, 2.24) is 0 Å². The van der Waals surface area contributed by atoms with Crippen LogP contribution in [-0.2, 0) is 19.1 Å². The lowest BCUT2D eigenvalue weighted by atomic mass is 9.47. The fraction of sp³-hybridized carbons (Fsp3) is 0.818. The first-order valence-electron chi connectivity index (χ1n) is 15.2. The van der Waals surface area contributed by atoms with Crippen LogP contribution >= 0.6 is 0 Å². The molecule has 0 radical (unpaired) electrons. The summed E-state index contributed by atoms with van der Waals surface area (Å²) in [4.78, 5) is 24.4.